The molecule has 0 radical (unpaired) electrons. The average molecular weight is 427 g/mol. The number of benzene rings is 2. The summed E-state index contributed by atoms with van der Waals surface area (Å²) in [5, 5.41) is 3.09. The number of nitrogens with one attached hydrogen (secondary N) is 1. The molecule has 152 valence electrons. The van der Waals surface area contributed by atoms with Gasteiger partial charge in [0.1, 0.15) is 17.5 Å². The maximum Gasteiger partial charge on any atom is 0.248 e. The van der Waals surface area contributed by atoms with Crippen molar-refractivity contribution in [1.82, 2.24) is 0 Å². The molecule has 0 fully saturated rings. The number of halogens is 1. The first-order valence-electron chi connectivity index (χ1n) is 8.37. The number of anilines is 2. The monoisotopic (exact) mass is 426 g/mol. The highest BCUT2D eigenvalue weighted by atomic mass is 35.5. The van der Waals surface area contributed by atoms with Crippen molar-refractivity contribution in [2.75, 3.05) is 30.1 Å². The molecule has 0 spiro atoms. The number of carbonyl (C=O) groups excluding carboxylic acids is 1. The molecule has 0 aromatic heterocycles. The van der Waals surface area contributed by atoms with E-state index in [-0.39, 0.29) is 5.69 Å². The van der Waals surface area contributed by atoms with Gasteiger partial charge < -0.3 is 14.8 Å². The van der Waals surface area contributed by atoms with E-state index >= 15 is 0 Å². The third kappa shape index (κ3) is 4.88. The van der Waals surface area contributed by atoms with E-state index in [4.69, 9.17) is 21.1 Å². The quantitative estimate of drug-likeness (QED) is 0.732. The van der Waals surface area contributed by atoms with Crippen LogP contribution in [0.5, 0.6) is 11.5 Å². The molecule has 0 aliphatic carbocycles. The molecule has 0 heterocycles. The van der Waals surface area contributed by atoms with Gasteiger partial charge in [-0.25, -0.2) is 8.42 Å². The maximum atomic E-state index is 12.9. The second kappa shape index (κ2) is 8.70. The lowest BCUT2D eigenvalue weighted by atomic mass is 10.2. The van der Waals surface area contributed by atoms with E-state index in [9.17, 15) is 13.2 Å². The van der Waals surface area contributed by atoms with E-state index in [0.29, 0.717) is 22.2 Å². The van der Waals surface area contributed by atoms with Crippen LogP contribution in [0.1, 0.15) is 12.5 Å². The van der Waals surface area contributed by atoms with Crippen LogP contribution in [0.2, 0.25) is 5.02 Å². The Kier molecular flexibility index (Phi) is 6.79. The molecule has 2 aromatic carbocycles. The van der Waals surface area contributed by atoms with Crippen molar-refractivity contribution in [3.63, 3.8) is 0 Å². The van der Waals surface area contributed by atoms with Crippen molar-refractivity contribution in [2.45, 2.75) is 19.9 Å². The van der Waals surface area contributed by atoms with Gasteiger partial charge in [0.15, 0.2) is 0 Å². The third-order valence-electron chi connectivity index (χ3n) is 4.08. The van der Waals surface area contributed by atoms with Crippen LogP contribution in [0.3, 0.4) is 0 Å². The molecule has 7 nitrogen and oxygen atoms in total. The lowest BCUT2D eigenvalue weighted by Gasteiger charge is -2.29. The summed E-state index contributed by atoms with van der Waals surface area (Å²) < 4.78 is 36.6. The van der Waals surface area contributed by atoms with E-state index < -0.39 is 22.0 Å². The van der Waals surface area contributed by atoms with Gasteiger partial charge in [0, 0.05) is 5.02 Å². The summed E-state index contributed by atoms with van der Waals surface area (Å²) in [7, 11) is -0.891. The fourth-order valence-corrected chi connectivity index (χ4v) is 4.11. The highest BCUT2D eigenvalue weighted by molar-refractivity contribution is 7.92. The molecule has 2 rings (SSSR count). The largest absolute Gasteiger partial charge is 0.495 e. The second-order valence-corrected chi connectivity index (χ2v) is 8.54. The first-order valence-corrected chi connectivity index (χ1v) is 10.6. The van der Waals surface area contributed by atoms with Crippen LogP contribution in [0, 0.1) is 6.92 Å². The smallest absolute Gasteiger partial charge is 0.248 e. The fourth-order valence-electron chi connectivity index (χ4n) is 2.77. The van der Waals surface area contributed by atoms with Gasteiger partial charge in [0.25, 0.3) is 0 Å². The molecular formula is C19H23ClN2O5S. The van der Waals surface area contributed by atoms with Gasteiger partial charge in [-0.3, -0.25) is 9.10 Å². The Morgan fingerprint density at radius 3 is 2.29 bits per heavy atom. The predicted octanol–water partition coefficient (Wildman–Crippen LogP) is 3.46. The molecule has 0 aliphatic rings. The summed E-state index contributed by atoms with van der Waals surface area (Å²) in [6.07, 6.45) is 1.04. The van der Waals surface area contributed by atoms with Crippen molar-refractivity contribution in [3.8, 4) is 11.5 Å². The number of hydrogen-bond acceptors (Lipinski definition) is 5. The Bertz CT molecular complexity index is 978. The number of methoxy groups -OCH3 is 2. The van der Waals surface area contributed by atoms with Gasteiger partial charge in [-0.1, -0.05) is 17.7 Å². The molecule has 1 amide bonds. The minimum absolute atomic E-state index is 0.283. The van der Waals surface area contributed by atoms with Gasteiger partial charge in [-0.2, -0.15) is 0 Å². The molecule has 2 aromatic rings. The number of aryl methyl sites for hydroxylation is 1. The topological polar surface area (TPSA) is 84.9 Å². The lowest BCUT2D eigenvalue weighted by molar-refractivity contribution is -0.116. The molecule has 0 saturated carbocycles. The molecule has 0 saturated heterocycles. The van der Waals surface area contributed by atoms with Gasteiger partial charge >= 0.3 is 0 Å². The van der Waals surface area contributed by atoms with E-state index in [2.05, 4.69) is 5.32 Å². The SMILES string of the molecule is COc1ccc(Cl)cc1NC(=O)[C@@H](C)N(c1cc(C)ccc1OC)S(C)(=O)=O. The Morgan fingerprint density at radius 1 is 1.11 bits per heavy atom. The highest BCUT2D eigenvalue weighted by Gasteiger charge is 2.31. The summed E-state index contributed by atoms with van der Waals surface area (Å²) in [6, 6.07) is 8.82. The third-order valence-corrected chi connectivity index (χ3v) is 5.54. The number of rotatable bonds is 7. The molecule has 0 aliphatic heterocycles. The van der Waals surface area contributed by atoms with Gasteiger partial charge in [0.05, 0.1) is 31.9 Å². The Hall–Kier alpha value is -2.45. The molecule has 9 heteroatoms. The average Bonchev–Trinajstić information content (AvgIpc) is 2.61. The first kappa shape index (κ1) is 21.8. The van der Waals surface area contributed by atoms with Crippen LogP contribution >= 0.6 is 11.6 Å². The number of ether oxygens (including phenoxy) is 2. The zero-order valence-electron chi connectivity index (χ0n) is 16.3. The molecule has 28 heavy (non-hydrogen) atoms. The fraction of sp³-hybridized carbons (Fsp3) is 0.316. The second-order valence-electron chi connectivity index (χ2n) is 6.24. The number of hydrogen-bond donors (Lipinski definition) is 1. The van der Waals surface area contributed by atoms with Crippen molar-refractivity contribution in [1.29, 1.82) is 0 Å². The summed E-state index contributed by atoms with van der Waals surface area (Å²) >= 11 is 6.00. The molecular weight excluding hydrogens is 404 g/mol. The summed E-state index contributed by atoms with van der Waals surface area (Å²) in [4.78, 5) is 12.9. The van der Waals surface area contributed by atoms with E-state index in [1.165, 1.54) is 27.2 Å². The number of sulfonamides is 1. The molecule has 1 N–H and O–H groups in total. The van der Waals surface area contributed by atoms with E-state index in [1.807, 2.05) is 6.92 Å². The minimum atomic E-state index is -3.79. The molecule has 1 atom stereocenters. The van der Waals surface area contributed by atoms with Crippen molar-refractivity contribution >= 4 is 38.9 Å². The number of carbonyl (C=O) groups is 1. The Morgan fingerprint density at radius 2 is 1.71 bits per heavy atom. The van der Waals surface area contributed by atoms with Crippen LogP contribution in [0.15, 0.2) is 36.4 Å². The maximum absolute atomic E-state index is 12.9. The lowest BCUT2D eigenvalue weighted by Crippen LogP contribution is -2.45. The van der Waals surface area contributed by atoms with Crippen LogP contribution < -0.4 is 19.1 Å². The van der Waals surface area contributed by atoms with Gasteiger partial charge in [-0.05, 0) is 49.7 Å². The molecule has 0 unspecified atom stereocenters. The van der Waals surface area contributed by atoms with Crippen molar-refractivity contribution in [3.05, 3.63) is 47.0 Å². The Balaban J connectivity index is 2.45. The number of amides is 1. The van der Waals surface area contributed by atoms with E-state index in [1.54, 1.807) is 30.3 Å². The van der Waals surface area contributed by atoms with Crippen molar-refractivity contribution < 1.29 is 22.7 Å². The zero-order chi connectivity index (χ0) is 21.1. The normalized spacial score (nSPS) is 12.2. The highest BCUT2D eigenvalue weighted by Crippen LogP contribution is 2.33. The van der Waals surface area contributed by atoms with Crippen LogP contribution in [0.25, 0.3) is 0 Å². The van der Waals surface area contributed by atoms with Crippen LogP contribution in [-0.2, 0) is 14.8 Å². The Labute approximate surface area is 170 Å². The molecule has 0 bridgehead atoms. The van der Waals surface area contributed by atoms with Crippen LogP contribution in [0.4, 0.5) is 11.4 Å². The predicted molar refractivity (Wildman–Crippen MR) is 111 cm³/mol. The summed E-state index contributed by atoms with van der Waals surface area (Å²) in [5.41, 5.74) is 1.45. The first-order chi connectivity index (χ1) is 13.1. The van der Waals surface area contributed by atoms with Crippen LogP contribution in [-0.4, -0.2) is 40.8 Å². The van der Waals surface area contributed by atoms with E-state index in [0.717, 1.165) is 16.1 Å². The number of nitrogens with zero attached hydrogens (tertiary/aromatic N) is 1. The summed E-state index contributed by atoms with van der Waals surface area (Å²) in [5.74, 6) is 0.203. The van der Waals surface area contributed by atoms with Gasteiger partial charge in [-0.15, -0.1) is 0 Å². The zero-order valence-corrected chi connectivity index (χ0v) is 17.9. The minimum Gasteiger partial charge on any atom is -0.495 e. The summed E-state index contributed by atoms with van der Waals surface area (Å²) in [6.45, 7) is 3.32. The standard InChI is InChI=1S/C19H23ClN2O5S/c1-12-6-8-18(27-4)16(10-12)22(28(5,24)25)13(2)19(23)21-15-11-14(20)7-9-17(15)26-3/h6-11,13H,1-5H3,(H,21,23)/t13-/m1/s1. The van der Waals surface area contributed by atoms with Crippen molar-refractivity contribution in [2.24, 2.45) is 0 Å². The van der Waals surface area contributed by atoms with Gasteiger partial charge in [0.2, 0.25) is 15.9 Å².